The van der Waals surface area contributed by atoms with Gasteiger partial charge in [0.25, 0.3) is 5.91 Å². The second-order valence-electron chi connectivity index (χ2n) is 3.87. The fraction of sp³-hybridized carbons (Fsp3) is 0.0769. The van der Waals surface area contributed by atoms with Crippen LogP contribution >= 0.6 is 46.4 Å². The number of nitrogens with one attached hydrogen (secondary N) is 1. The zero-order valence-corrected chi connectivity index (χ0v) is 13.4. The van der Waals surface area contributed by atoms with Crippen LogP contribution in [-0.4, -0.2) is 17.5 Å². The third kappa shape index (κ3) is 4.38. The number of carbonyl (C=O) groups is 1. The maximum atomic E-state index is 11.8. The molecule has 0 bridgehead atoms. The van der Waals surface area contributed by atoms with Crippen LogP contribution in [0.1, 0.15) is 0 Å². The zero-order chi connectivity index (χ0) is 15.4. The molecule has 110 valence electrons. The summed E-state index contributed by atoms with van der Waals surface area (Å²) in [6, 6.07) is 6.36. The topological polar surface area (TPSA) is 51.2 Å². The van der Waals surface area contributed by atoms with Gasteiger partial charge >= 0.3 is 0 Å². The summed E-state index contributed by atoms with van der Waals surface area (Å²) < 4.78 is 5.29. The molecule has 8 heteroatoms. The van der Waals surface area contributed by atoms with E-state index in [-0.39, 0.29) is 23.2 Å². The molecule has 0 aliphatic rings. The van der Waals surface area contributed by atoms with Crippen molar-refractivity contribution in [1.29, 1.82) is 0 Å². The first-order valence-corrected chi connectivity index (χ1v) is 7.16. The number of para-hydroxylation sites is 1. The summed E-state index contributed by atoms with van der Waals surface area (Å²) in [6.45, 7) is -0.288. The Labute approximate surface area is 140 Å². The minimum Gasteiger partial charge on any atom is -0.481 e. The molecular weight excluding hydrogens is 358 g/mol. The summed E-state index contributed by atoms with van der Waals surface area (Å²) in [4.78, 5) is 15.7. The lowest BCUT2D eigenvalue weighted by atomic mass is 10.3. The maximum Gasteiger partial charge on any atom is 0.263 e. The van der Waals surface area contributed by atoms with Gasteiger partial charge in [-0.1, -0.05) is 52.5 Å². The average Bonchev–Trinajstić information content (AvgIpc) is 2.41. The molecule has 0 saturated carbocycles. The quantitative estimate of drug-likeness (QED) is 0.853. The van der Waals surface area contributed by atoms with Crippen molar-refractivity contribution in [3.05, 3.63) is 50.6 Å². The molecule has 0 fully saturated rings. The van der Waals surface area contributed by atoms with Crippen LogP contribution in [0.3, 0.4) is 0 Å². The Morgan fingerprint density at radius 1 is 1.14 bits per heavy atom. The molecule has 1 aromatic carbocycles. The number of ether oxygens (including phenoxy) is 1. The minimum atomic E-state index is -0.456. The van der Waals surface area contributed by atoms with Gasteiger partial charge in [0.05, 0.1) is 20.1 Å². The summed E-state index contributed by atoms with van der Waals surface area (Å²) in [6.07, 6.45) is 1.37. The van der Waals surface area contributed by atoms with Gasteiger partial charge in [0.1, 0.15) is 0 Å². The second-order valence-corrected chi connectivity index (χ2v) is 5.53. The lowest BCUT2D eigenvalue weighted by Gasteiger charge is -2.10. The summed E-state index contributed by atoms with van der Waals surface area (Å²) in [5, 5.41) is 3.73. The highest BCUT2D eigenvalue weighted by molar-refractivity contribution is 6.37. The molecule has 0 atom stereocenters. The van der Waals surface area contributed by atoms with E-state index in [0.717, 1.165) is 0 Å². The van der Waals surface area contributed by atoms with E-state index in [1.54, 1.807) is 18.2 Å². The highest BCUT2D eigenvalue weighted by atomic mass is 35.5. The average molecular weight is 366 g/mol. The number of hydrogen-bond donors (Lipinski definition) is 1. The molecule has 0 unspecified atom stereocenters. The third-order valence-corrected chi connectivity index (χ3v) is 3.42. The molecule has 1 heterocycles. The third-order valence-electron chi connectivity index (χ3n) is 2.33. The Balaban J connectivity index is 1.99. The van der Waals surface area contributed by atoms with Crippen LogP contribution < -0.4 is 10.1 Å². The van der Waals surface area contributed by atoms with Crippen LogP contribution in [-0.2, 0) is 4.79 Å². The Hall–Kier alpha value is -1.20. The van der Waals surface area contributed by atoms with Crippen molar-refractivity contribution in [3.8, 4) is 5.75 Å². The molecule has 0 radical (unpaired) electrons. The predicted molar refractivity (Wildman–Crippen MR) is 84.8 cm³/mol. The fourth-order valence-corrected chi connectivity index (χ4v) is 2.37. The van der Waals surface area contributed by atoms with E-state index in [4.69, 9.17) is 51.1 Å². The molecule has 2 aromatic rings. The number of anilines is 1. The number of pyridine rings is 1. The van der Waals surface area contributed by atoms with Crippen LogP contribution in [0.2, 0.25) is 20.1 Å². The van der Waals surface area contributed by atoms with Gasteiger partial charge in [-0.05, 0) is 18.2 Å². The van der Waals surface area contributed by atoms with Gasteiger partial charge in [-0.15, -0.1) is 0 Å². The first-order valence-electron chi connectivity index (χ1n) is 5.65. The van der Waals surface area contributed by atoms with Crippen LogP contribution in [0.5, 0.6) is 5.75 Å². The van der Waals surface area contributed by atoms with Crippen LogP contribution in [0, 0.1) is 0 Å². The highest BCUT2D eigenvalue weighted by Gasteiger charge is 2.11. The largest absolute Gasteiger partial charge is 0.481 e. The van der Waals surface area contributed by atoms with Crippen molar-refractivity contribution in [2.45, 2.75) is 0 Å². The lowest BCUT2D eigenvalue weighted by molar-refractivity contribution is -0.118. The standard InChI is InChI=1S/C13H8Cl4N2O2/c14-7-4-10(17)13(18-5-7)19-11(20)6-21-12-8(15)2-1-3-9(12)16/h1-5H,6H2,(H,18,19,20). The van der Waals surface area contributed by atoms with Crippen LogP contribution in [0.25, 0.3) is 0 Å². The number of rotatable bonds is 4. The molecule has 0 aliphatic heterocycles. The van der Waals surface area contributed by atoms with Crippen molar-refractivity contribution in [2.24, 2.45) is 0 Å². The molecule has 0 aliphatic carbocycles. The monoisotopic (exact) mass is 364 g/mol. The van der Waals surface area contributed by atoms with Gasteiger partial charge in [0, 0.05) is 6.20 Å². The molecule has 21 heavy (non-hydrogen) atoms. The number of benzene rings is 1. The van der Waals surface area contributed by atoms with E-state index < -0.39 is 5.91 Å². The zero-order valence-electron chi connectivity index (χ0n) is 10.4. The summed E-state index contributed by atoms with van der Waals surface area (Å²) in [5.74, 6) is -0.0197. The summed E-state index contributed by atoms with van der Waals surface area (Å²) in [7, 11) is 0. The van der Waals surface area contributed by atoms with Crippen molar-refractivity contribution in [1.82, 2.24) is 4.98 Å². The molecule has 0 spiro atoms. The molecule has 1 aromatic heterocycles. The van der Waals surface area contributed by atoms with Crippen LogP contribution in [0.15, 0.2) is 30.5 Å². The second kappa shape index (κ2) is 7.18. The molecular formula is C13H8Cl4N2O2. The van der Waals surface area contributed by atoms with E-state index in [2.05, 4.69) is 10.3 Å². The Kier molecular flexibility index (Phi) is 5.53. The Morgan fingerprint density at radius 3 is 2.43 bits per heavy atom. The van der Waals surface area contributed by atoms with Crippen molar-refractivity contribution < 1.29 is 9.53 Å². The Bertz CT molecular complexity index is 659. The first-order chi connectivity index (χ1) is 9.97. The van der Waals surface area contributed by atoms with Gasteiger partial charge < -0.3 is 10.1 Å². The number of halogens is 4. The number of amides is 1. The smallest absolute Gasteiger partial charge is 0.263 e. The van der Waals surface area contributed by atoms with E-state index >= 15 is 0 Å². The molecule has 2 rings (SSSR count). The summed E-state index contributed by atoms with van der Waals surface area (Å²) in [5.41, 5.74) is 0. The number of hydrogen-bond acceptors (Lipinski definition) is 3. The molecule has 1 N–H and O–H groups in total. The fourth-order valence-electron chi connectivity index (χ4n) is 1.43. The number of aromatic nitrogens is 1. The predicted octanol–water partition coefficient (Wildman–Crippen LogP) is 4.71. The van der Waals surface area contributed by atoms with E-state index in [0.29, 0.717) is 15.1 Å². The number of carbonyl (C=O) groups excluding carboxylic acids is 1. The van der Waals surface area contributed by atoms with Crippen molar-refractivity contribution >= 4 is 58.1 Å². The SMILES string of the molecule is O=C(COc1c(Cl)cccc1Cl)Nc1ncc(Cl)cc1Cl. The minimum absolute atomic E-state index is 0.194. The van der Waals surface area contributed by atoms with Gasteiger partial charge in [0.15, 0.2) is 18.2 Å². The highest BCUT2D eigenvalue weighted by Crippen LogP contribution is 2.32. The molecule has 0 saturated heterocycles. The normalized spacial score (nSPS) is 10.3. The van der Waals surface area contributed by atoms with Gasteiger partial charge in [-0.2, -0.15) is 0 Å². The van der Waals surface area contributed by atoms with Crippen molar-refractivity contribution in [3.63, 3.8) is 0 Å². The molecule has 1 amide bonds. The number of nitrogens with zero attached hydrogens (tertiary/aromatic N) is 1. The Morgan fingerprint density at radius 2 is 1.81 bits per heavy atom. The maximum absolute atomic E-state index is 11.8. The van der Waals surface area contributed by atoms with Crippen LogP contribution in [0.4, 0.5) is 5.82 Å². The van der Waals surface area contributed by atoms with E-state index in [1.165, 1.54) is 12.3 Å². The molecule has 4 nitrogen and oxygen atoms in total. The lowest BCUT2D eigenvalue weighted by Crippen LogP contribution is -2.21. The van der Waals surface area contributed by atoms with Gasteiger partial charge in [0.2, 0.25) is 0 Å². The van der Waals surface area contributed by atoms with E-state index in [1.807, 2.05) is 0 Å². The van der Waals surface area contributed by atoms with Gasteiger partial charge in [-0.25, -0.2) is 4.98 Å². The van der Waals surface area contributed by atoms with Crippen molar-refractivity contribution in [2.75, 3.05) is 11.9 Å². The van der Waals surface area contributed by atoms with E-state index in [9.17, 15) is 4.79 Å². The summed E-state index contributed by atoms with van der Waals surface area (Å²) >= 11 is 23.5. The first kappa shape index (κ1) is 16.2. The van der Waals surface area contributed by atoms with Gasteiger partial charge in [-0.3, -0.25) is 4.79 Å².